The van der Waals surface area contributed by atoms with Gasteiger partial charge >= 0.3 is 11.9 Å². The highest BCUT2D eigenvalue weighted by Crippen LogP contribution is 2.13. The molecule has 23 heavy (non-hydrogen) atoms. The SMILES string of the molecule is O=Cc1cccc(OCCOC(=O)c2ccccc2C(=O)O)c1. The van der Waals surface area contributed by atoms with Crippen molar-refractivity contribution in [2.24, 2.45) is 0 Å². The van der Waals surface area contributed by atoms with Crippen molar-refractivity contribution in [3.63, 3.8) is 0 Å². The number of carboxylic acids is 1. The van der Waals surface area contributed by atoms with Gasteiger partial charge in [-0.3, -0.25) is 4.79 Å². The van der Waals surface area contributed by atoms with E-state index in [4.69, 9.17) is 14.6 Å². The zero-order chi connectivity index (χ0) is 16.7. The highest BCUT2D eigenvalue weighted by molar-refractivity contribution is 6.02. The van der Waals surface area contributed by atoms with Crippen molar-refractivity contribution in [3.8, 4) is 5.75 Å². The van der Waals surface area contributed by atoms with Gasteiger partial charge in [0.05, 0.1) is 11.1 Å². The van der Waals surface area contributed by atoms with Crippen LogP contribution in [0.15, 0.2) is 48.5 Å². The number of aldehydes is 1. The summed E-state index contributed by atoms with van der Waals surface area (Å²) in [4.78, 5) is 33.6. The molecule has 6 nitrogen and oxygen atoms in total. The zero-order valence-electron chi connectivity index (χ0n) is 12.1. The number of rotatable bonds is 7. The largest absolute Gasteiger partial charge is 0.490 e. The van der Waals surface area contributed by atoms with Crippen LogP contribution in [0, 0.1) is 0 Å². The molecule has 0 radical (unpaired) electrons. The summed E-state index contributed by atoms with van der Waals surface area (Å²) in [6.45, 7) is 0.0430. The van der Waals surface area contributed by atoms with Crippen molar-refractivity contribution >= 4 is 18.2 Å². The van der Waals surface area contributed by atoms with Crippen molar-refractivity contribution < 1.29 is 29.0 Å². The Morgan fingerprint density at radius 2 is 1.74 bits per heavy atom. The van der Waals surface area contributed by atoms with Gasteiger partial charge in [0.1, 0.15) is 25.2 Å². The monoisotopic (exact) mass is 314 g/mol. The molecule has 6 heteroatoms. The fourth-order valence-electron chi connectivity index (χ4n) is 1.90. The molecule has 0 fully saturated rings. The summed E-state index contributed by atoms with van der Waals surface area (Å²) in [5.74, 6) is -1.44. The first-order valence-corrected chi connectivity index (χ1v) is 6.79. The summed E-state index contributed by atoms with van der Waals surface area (Å²) in [7, 11) is 0. The second-order valence-corrected chi connectivity index (χ2v) is 4.53. The van der Waals surface area contributed by atoms with Crippen LogP contribution < -0.4 is 4.74 Å². The first-order valence-electron chi connectivity index (χ1n) is 6.79. The molecule has 0 bridgehead atoms. The second-order valence-electron chi connectivity index (χ2n) is 4.53. The molecule has 0 amide bonds. The van der Waals surface area contributed by atoms with E-state index in [2.05, 4.69) is 0 Å². The average Bonchev–Trinajstić information content (AvgIpc) is 2.58. The van der Waals surface area contributed by atoms with Gasteiger partial charge in [-0.2, -0.15) is 0 Å². The highest BCUT2D eigenvalue weighted by atomic mass is 16.6. The number of esters is 1. The third-order valence-corrected chi connectivity index (χ3v) is 2.96. The predicted molar refractivity (Wildman–Crippen MR) is 81.0 cm³/mol. The van der Waals surface area contributed by atoms with Crippen LogP contribution in [0.4, 0.5) is 0 Å². The molecule has 0 aromatic heterocycles. The number of hydrogen-bond acceptors (Lipinski definition) is 5. The summed E-state index contributed by atoms with van der Waals surface area (Å²) in [5.41, 5.74) is 0.356. The highest BCUT2D eigenvalue weighted by Gasteiger charge is 2.16. The number of hydrogen-bond donors (Lipinski definition) is 1. The van der Waals surface area contributed by atoms with Gasteiger partial charge in [-0.05, 0) is 24.3 Å². The Balaban J connectivity index is 1.88. The predicted octanol–water partition coefficient (Wildman–Crippen LogP) is 2.43. The maximum Gasteiger partial charge on any atom is 0.339 e. The fourth-order valence-corrected chi connectivity index (χ4v) is 1.90. The van der Waals surface area contributed by atoms with E-state index in [9.17, 15) is 14.4 Å². The minimum Gasteiger partial charge on any atom is -0.490 e. The maximum atomic E-state index is 11.9. The van der Waals surface area contributed by atoms with Crippen LogP contribution in [0.2, 0.25) is 0 Å². The van der Waals surface area contributed by atoms with Gasteiger partial charge in [0.25, 0.3) is 0 Å². The van der Waals surface area contributed by atoms with Crippen LogP contribution in [-0.2, 0) is 4.74 Å². The summed E-state index contributed by atoms with van der Waals surface area (Å²) in [6.07, 6.45) is 0.704. The van der Waals surface area contributed by atoms with Crippen molar-refractivity contribution in [3.05, 3.63) is 65.2 Å². The fraction of sp³-hybridized carbons (Fsp3) is 0.118. The van der Waals surface area contributed by atoms with Crippen molar-refractivity contribution in [1.29, 1.82) is 0 Å². The number of aromatic carboxylic acids is 1. The van der Waals surface area contributed by atoms with Gasteiger partial charge in [0.2, 0.25) is 0 Å². The van der Waals surface area contributed by atoms with Crippen molar-refractivity contribution in [1.82, 2.24) is 0 Å². The second kappa shape index (κ2) is 7.74. The lowest BCUT2D eigenvalue weighted by molar-refractivity contribution is 0.0442. The van der Waals surface area contributed by atoms with Crippen LogP contribution in [0.5, 0.6) is 5.75 Å². The van der Waals surface area contributed by atoms with Crippen molar-refractivity contribution in [2.45, 2.75) is 0 Å². The molecular weight excluding hydrogens is 300 g/mol. The topological polar surface area (TPSA) is 89.9 Å². The van der Waals surface area contributed by atoms with Crippen LogP contribution in [0.25, 0.3) is 0 Å². The molecule has 1 N–H and O–H groups in total. The molecule has 2 aromatic rings. The molecule has 2 aromatic carbocycles. The number of carbonyl (C=O) groups excluding carboxylic acids is 2. The Morgan fingerprint density at radius 3 is 2.43 bits per heavy atom. The van der Waals surface area contributed by atoms with E-state index in [1.54, 1.807) is 30.3 Å². The summed E-state index contributed by atoms with van der Waals surface area (Å²) in [6, 6.07) is 12.4. The van der Waals surface area contributed by atoms with E-state index >= 15 is 0 Å². The quantitative estimate of drug-likeness (QED) is 0.479. The van der Waals surface area contributed by atoms with Crippen LogP contribution in [-0.4, -0.2) is 36.5 Å². The normalized spacial score (nSPS) is 9.91. The number of benzene rings is 2. The third-order valence-electron chi connectivity index (χ3n) is 2.96. The first kappa shape index (κ1) is 16.2. The Hall–Kier alpha value is -3.15. The van der Waals surface area contributed by atoms with Gasteiger partial charge in [0, 0.05) is 5.56 Å². The van der Waals surface area contributed by atoms with Gasteiger partial charge < -0.3 is 14.6 Å². The molecule has 0 saturated carbocycles. The molecular formula is C17H14O6. The summed E-state index contributed by atoms with van der Waals surface area (Å²) in [5, 5.41) is 9.02. The van der Waals surface area contributed by atoms with Crippen LogP contribution >= 0.6 is 0 Å². The molecule has 2 rings (SSSR count). The van der Waals surface area contributed by atoms with Gasteiger partial charge in [-0.25, -0.2) is 9.59 Å². The Morgan fingerprint density at radius 1 is 1.00 bits per heavy atom. The smallest absolute Gasteiger partial charge is 0.339 e. The summed E-state index contributed by atoms with van der Waals surface area (Å²) < 4.78 is 10.4. The minimum absolute atomic E-state index is 0.0112. The molecule has 0 atom stereocenters. The Bertz CT molecular complexity index is 723. The molecule has 118 valence electrons. The molecule has 0 aliphatic heterocycles. The zero-order valence-corrected chi connectivity index (χ0v) is 12.1. The van der Waals surface area contributed by atoms with Gasteiger partial charge in [-0.1, -0.05) is 24.3 Å². The number of carboxylic acid groups (broad SMARTS) is 1. The Kier molecular flexibility index (Phi) is 5.46. The van der Waals surface area contributed by atoms with E-state index in [0.29, 0.717) is 17.6 Å². The average molecular weight is 314 g/mol. The third kappa shape index (κ3) is 4.41. The van der Waals surface area contributed by atoms with Gasteiger partial charge in [-0.15, -0.1) is 0 Å². The Labute approximate surface area is 132 Å². The van der Waals surface area contributed by atoms with E-state index in [1.807, 2.05) is 0 Å². The van der Waals surface area contributed by atoms with E-state index in [0.717, 1.165) is 0 Å². The van der Waals surface area contributed by atoms with Crippen LogP contribution in [0.1, 0.15) is 31.1 Å². The van der Waals surface area contributed by atoms with Gasteiger partial charge in [0.15, 0.2) is 0 Å². The molecule has 0 unspecified atom stereocenters. The maximum absolute atomic E-state index is 11.9. The first-order chi connectivity index (χ1) is 11.1. The number of ether oxygens (including phenoxy) is 2. The van der Waals surface area contributed by atoms with E-state index in [1.165, 1.54) is 18.2 Å². The molecule has 0 saturated heterocycles. The van der Waals surface area contributed by atoms with E-state index < -0.39 is 11.9 Å². The molecule has 0 aliphatic carbocycles. The lowest BCUT2D eigenvalue weighted by Gasteiger charge is -2.09. The standard InChI is InChI=1S/C17H14O6/c18-11-12-4-3-5-13(10-12)22-8-9-23-17(21)15-7-2-1-6-14(15)16(19)20/h1-7,10-11H,8-9H2,(H,19,20). The molecule has 0 heterocycles. The van der Waals surface area contributed by atoms with Crippen molar-refractivity contribution in [2.75, 3.05) is 13.2 Å². The summed E-state index contributed by atoms with van der Waals surface area (Å²) >= 11 is 0. The minimum atomic E-state index is -1.19. The lowest BCUT2D eigenvalue weighted by Crippen LogP contribution is -2.15. The molecule has 0 spiro atoms. The molecule has 0 aliphatic rings. The van der Waals surface area contributed by atoms with Crippen LogP contribution in [0.3, 0.4) is 0 Å². The lowest BCUT2D eigenvalue weighted by atomic mass is 10.1. The number of carbonyl (C=O) groups is 3. The van der Waals surface area contributed by atoms with E-state index in [-0.39, 0.29) is 24.3 Å².